The molecular formula is C16H21N3O. The van der Waals surface area contributed by atoms with Crippen LogP contribution in [0.25, 0.3) is 0 Å². The highest BCUT2D eigenvalue weighted by atomic mass is 16.1. The molecule has 1 heterocycles. The maximum atomic E-state index is 11.9. The lowest BCUT2D eigenvalue weighted by Gasteiger charge is -2.09. The van der Waals surface area contributed by atoms with Gasteiger partial charge in [-0.25, -0.2) is 4.98 Å². The minimum atomic E-state index is -0.0101. The van der Waals surface area contributed by atoms with E-state index in [4.69, 9.17) is 0 Å². The molecule has 1 amide bonds. The fourth-order valence-corrected chi connectivity index (χ4v) is 1.93. The molecule has 0 radical (unpaired) electrons. The van der Waals surface area contributed by atoms with E-state index in [-0.39, 0.29) is 5.91 Å². The second-order valence-electron chi connectivity index (χ2n) is 5.40. The van der Waals surface area contributed by atoms with Crippen molar-refractivity contribution in [3.8, 4) is 0 Å². The molecule has 0 saturated heterocycles. The Morgan fingerprint density at radius 2 is 2.00 bits per heavy atom. The van der Waals surface area contributed by atoms with Crippen LogP contribution in [0, 0.1) is 12.8 Å². The van der Waals surface area contributed by atoms with Crippen LogP contribution in [0.1, 0.15) is 35.6 Å². The summed E-state index contributed by atoms with van der Waals surface area (Å²) in [6.45, 7) is 7.62. The van der Waals surface area contributed by atoms with Crippen LogP contribution in [0.3, 0.4) is 0 Å². The summed E-state index contributed by atoms with van der Waals surface area (Å²) in [5.74, 6) is 1.44. The number of benzene rings is 1. The van der Waals surface area contributed by atoms with Crippen molar-refractivity contribution in [2.24, 2.45) is 5.92 Å². The highest BCUT2D eigenvalue weighted by molar-refractivity contribution is 5.94. The van der Waals surface area contributed by atoms with Gasteiger partial charge in [0.2, 0.25) is 0 Å². The van der Waals surface area contributed by atoms with E-state index in [1.807, 2.05) is 37.4 Å². The Morgan fingerprint density at radius 1 is 1.30 bits per heavy atom. The predicted molar refractivity (Wildman–Crippen MR) is 79.7 cm³/mol. The number of hydrogen-bond donors (Lipinski definition) is 1. The Labute approximate surface area is 119 Å². The first-order valence-corrected chi connectivity index (χ1v) is 6.91. The smallest absolute Gasteiger partial charge is 0.251 e. The summed E-state index contributed by atoms with van der Waals surface area (Å²) >= 11 is 0. The molecule has 1 N–H and O–H groups in total. The summed E-state index contributed by atoms with van der Waals surface area (Å²) in [5.41, 5.74) is 1.86. The van der Waals surface area contributed by atoms with Gasteiger partial charge in [-0.15, -0.1) is 0 Å². The molecule has 0 fully saturated rings. The molecule has 0 aliphatic carbocycles. The minimum absolute atomic E-state index is 0.0101. The van der Waals surface area contributed by atoms with Crippen LogP contribution in [0.4, 0.5) is 0 Å². The molecule has 20 heavy (non-hydrogen) atoms. The van der Waals surface area contributed by atoms with Crippen LogP contribution in [0.15, 0.2) is 36.7 Å². The van der Waals surface area contributed by atoms with Gasteiger partial charge in [-0.1, -0.05) is 26.0 Å². The van der Waals surface area contributed by atoms with Crippen LogP contribution in [0.2, 0.25) is 0 Å². The lowest BCUT2D eigenvalue weighted by atomic mass is 10.1. The van der Waals surface area contributed by atoms with E-state index in [2.05, 4.69) is 28.7 Å². The molecule has 0 spiro atoms. The molecule has 106 valence electrons. The van der Waals surface area contributed by atoms with Crippen LogP contribution >= 0.6 is 0 Å². The fraction of sp³-hybridized carbons (Fsp3) is 0.375. The maximum absolute atomic E-state index is 11.9. The van der Waals surface area contributed by atoms with E-state index in [0.717, 1.165) is 17.9 Å². The third-order valence-corrected chi connectivity index (χ3v) is 3.16. The number of aromatic nitrogens is 2. The zero-order valence-corrected chi connectivity index (χ0v) is 12.3. The van der Waals surface area contributed by atoms with Gasteiger partial charge in [-0.3, -0.25) is 4.79 Å². The van der Waals surface area contributed by atoms with Gasteiger partial charge in [0.25, 0.3) is 5.91 Å². The molecule has 4 heteroatoms. The Hall–Kier alpha value is -2.10. The molecule has 0 bridgehead atoms. The van der Waals surface area contributed by atoms with Gasteiger partial charge in [0.15, 0.2) is 0 Å². The van der Waals surface area contributed by atoms with Crippen molar-refractivity contribution in [3.05, 3.63) is 53.6 Å². The number of carbonyl (C=O) groups is 1. The topological polar surface area (TPSA) is 46.9 Å². The average Bonchev–Trinajstić information content (AvgIpc) is 2.82. The van der Waals surface area contributed by atoms with Crippen molar-refractivity contribution in [1.29, 1.82) is 0 Å². The van der Waals surface area contributed by atoms with Crippen LogP contribution in [-0.4, -0.2) is 22.0 Å². The van der Waals surface area contributed by atoms with Gasteiger partial charge in [-0.05, 0) is 30.5 Å². The summed E-state index contributed by atoms with van der Waals surface area (Å²) < 4.78 is 2.08. The lowest BCUT2D eigenvalue weighted by Crippen LogP contribution is -2.27. The minimum Gasteiger partial charge on any atom is -0.352 e. The van der Waals surface area contributed by atoms with Gasteiger partial charge < -0.3 is 9.88 Å². The molecule has 0 aliphatic heterocycles. The zero-order valence-electron chi connectivity index (χ0n) is 12.3. The highest BCUT2D eigenvalue weighted by Gasteiger charge is 2.06. The van der Waals surface area contributed by atoms with Gasteiger partial charge in [-0.2, -0.15) is 0 Å². The summed E-state index contributed by atoms with van der Waals surface area (Å²) in [4.78, 5) is 16.1. The molecule has 0 unspecified atom stereocenters. The van der Waals surface area contributed by atoms with Crippen LogP contribution < -0.4 is 5.32 Å². The molecule has 4 nitrogen and oxygen atoms in total. The molecule has 0 aliphatic rings. The van der Waals surface area contributed by atoms with Crippen molar-refractivity contribution in [1.82, 2.24) is 14.9 Å². The van der Waals surface area contributed by atoms with E-state index in [1.165, 1.54) is 0 Å². The normalized spacial score (nSPS) is 10.8. The second-order valence-corrected chi connectivity index (χ2v) is 5.40. The Balaban J connectivity index is 1.99. The van der Waals surface area contributed by atoms with Crippen molar-refractivity contribution in [3.63, 3.8) is 0 Å². The average molecular weight is 271 g/mol. The second kappa shape index (κ2) is 6.37. The highest BCUT2D eigenvalue weighted by Crippen LogP contribution is 2.08. The Morgan fingerprint density at radius 3 is 2.55 bits per heavy atom. The molecule has 0 atom stereocenters. The SMILES string of the molecule is Cc1nccn1Cc1ccc(C(=O)NCC(C)C)cc1. The molecule has 2 rings (SSSR count). The number of imidazole rings is 1. The van der Waals surface area contributed by atoms with Gasteiger partial charge in [0.1, 0.15) is 5.82 Å². The van der Waals surface area contributed by atoms with E-state index in [1.54, 1.807) is 6.20 Å². The molecular weight excluding hydrogens is 250 g/mol. The molecule has 1 aromatic heterocycles. The Bertz CT molecular complexity index is 570. The van der Waals surface area contributed by atoms with Crippen molar-refractivity contribution in [2.45, 2.75) is 27.3 Å². The van der Waals surface area contributed by atoms with Crippen LogP contribution in [0.5, 0.6) is 0 Å². The number of nitrogens with zero attached hydrogens (tertiary/aromatic N) is 2. The number of hydrogen-bond acceptors (Lipinski definition) is 2. The van der Waals surface area contributed by atoms with Crippen molar-refractivity contribution in [2.75, 3.05) is 6.54 Å². The van der Waals surface area contributed by atoms with Gasteiger partial charge >= 0.3 is 0 Å². The Kier molecular flexibility index (Phi) is 4.56. The first kappa shape index (κ1) is 14.3. The third-order valence-electron chi connectivity index (χ3n) is 3.16. The standard InChI is InChI=1S/C16H21N3O/c1-12(2)10-18-16(20)15-6-4-14(5-7-15)11-19-9-8-17-13(19)3/h4-9,12H,10-11H2,1-3H3,(H,18,20). The fourth-order valence-electron chi connectivity index (χ4n) is 1.93. The first-order valence-electron chi connectivity index (χ1n) is 6.91. The lowest BCUT2D eigenvalue weighted by molar-refractivity contribution is 0.0949. The summed E-state index contributed by atoms with van der Waals surface area (Å²) in [6.07, 6.45) is 3.75. The maximum Gasteiger partial charge on any atom is 0.251 e. The van der Waals surface area contributed by atoms with E-state index >= 15 is 0 Å². The van der Waals surface area contributed by atoms with Gasteiger partial charge in [0.05, 0.1) is 0 Å². The largest absolute Gasteiger partial charge is 0.352 e. The summed E-state index contributed by atoms with van der Waals surface area (Å²) in [5, 5.41) is 2.92. The van der Waals surface area contributed by atoms with E-state index < -0.39 is 0 Å². The summed E-state index contributed by atoms with van der Waals surface area (Å²) in [7, 11) is 0. The van der Waals surface area contributed by atoms with Crippen molar-refractivity contribution >= 4 is 5.91 Å². The van der Waals surface area contributed by atoms with E-state index in [0.29, 0.717) is 18.0 Å². The third kappa shape index (κ3) is 3.70. The number of aryl methyl sites for hydroxylation is 1. The molecule has 1 aromatic carbocycles. The molecule has 0 saturated carbocycles. The predicted octanol–water partition coefficient (Wildman–Crippen LogP) is 2.63. The van der Waals surface area contributed by atoms with Gasteiger partial charge in [0, 0.05) is 31.0 Å². The quantitative estimate of drug-likeness (QED) is 0.908. The summed E-state index contributed by atoms with van der Waals surface area (Å²) in [6, 6.07) is 7.72. The first-order chi connectivity index (χ1) is 9.56. The number of amides is 1. The molecule has 2 aromatic rings. The van der Waals surface area contributed by atoms with E-state index in [9.17, 15) is 4.79 Å². The zero-order chi connectivity index (χ0) is 14.5. The van der Waals surface area contributed by atoms with Crippen LogP contribution in [-0.2, 0) is 6.54 Å². The van der Waals surface area contributed by atoms with Crippen molar-refractivity contribution < 1.29 is 4.79 Å². The number of carbonyl (C=O) groups excluding carboxylic acids is 1. The monoisotopic (exact) mass is 271 g/mol. The number of rotatable bonds is 5. The number of nitrogens with one attached hydrogen (secondary N) is 1.